The normalized spacial score (nSPS) is 15.6. The summed E-state index contributed by atoms with van der Waals surface area (Å²) in [4.78, 5) is 14.8. The number of carbonyl (C=O) groups excluding carboxylic acids is 1. The van der Waals surface area contributed by atoms with E-state index in [1.807, 2.05) is 24.3 Å². The van der Waals surface area contributed by atoms with Gasteiger partial charge >= 0.3 is 0 Å². The molecular formula is C21H28N2O3S. The zero-order chi connectivity index (χ0) is 18.9. The molecule has 0 radical (unpaired) electrons. The van der Waals surface area contributed by atoms with Gasteiger partial charge in [0.1, 0.15) is 11.5 Å². The Bertz CT molecular complexity index is 697. The summed E-state index contributed by atoms with van der Waals surface area (Å²) in [5.41, 5.74) is 1.26. The number of hydrogen-bond donors (Lipinski definition) is 1. The molecule has 1 saturated heterocycles. The molecule has 0 aliphatic carbocycles. The van der Waals surface area contributed by atoms with Crippen molar-refractivity contribution in [2.45, 2.75) is 25.1 Å². The van der Waals surface area contributed by atoms with Crippen LogP contribution in [-0.4, -0.2) is 43.3 Å². The van der Waals surface area contributed by atoms with Gasteiger partial charge in [-0.2, -0.15) is 11.8 Å². The van der Waals surface area contributed by atoms with E-state index in [1.165, 1.54) is 5.56 Å². The molecule has 2 heterocycles. The molecule has 1 N–H and O–H groups in total. The van der Waals surface area contributed by atoms with Gasteiger partial charge in [-0.1, -0.05) is 12.1 Å². The second-order valence-corrected chi connectivity index (χ2v) is 7.93. The molecule has 1 amide bonds. The summed E-state index contributed by atoms with van der Waals surface area (Å²) in [5.74, 6) is 3.98. The van der Waals surface area contributed by atoms with E-state index in [1.54, 1.807) is 25.1 Å². The third-order valence-corrected chi connectivity index (χ3v) is 5.85. The maximum atomic E-state index is 12.4. The van der Waals surface area contributed by atoms with Crippen molar-refractivity contribution in [2.75, 3.05) is 32.5 Å². The van der Waals surface area contributed by atoms with E-state index >= 15 is 0 Å². The van der Waals surface area contributed by atoms with Gasteiger partial charge in [0.15, 0.2) is 0 Å². The summed E-state index contributed by atoms with van der Waals surface area (Å²) in [6.07, 6.45) is 3.54. The highest BCUT2D eigenvalue weighted by Gasteiger charge is 2.24. The van der Waals surface area contributed by atoms with Crippen molar-refractivity contribution >= 4 is 17.7 Å². The first-order chi connectivity index (χ1) is 13.2. The quantitative estimate of drug-likeness (QED) is 0.666. The third kappa shape index (κ3) is 6.33. The fourth-order valence-corrected chi connectivity index (χ4v) is 4.10. The summed E-state index contributed by atoms with van der Waals surface area (Å²) in [6, 6.07) is 12.1. The number of methoxy groups -OCH3 is 1. The minimum atomic E-state index is 0.140. The lowest BCUT2D eigenvalue weighted by atomic mass is 9.95. The molecule has 1 aromatic carbocycles. The number of ether oxygens (including phenoxy) is 1. The standard InChI is InChI=1S/C21H28N2O3S/c1-25-19-5-2-4-17(14-19)15-23-10-7-18(8-11-23)21(24)22-9-13-27-16-20-6-3-12-26-20/h2-6,12,14,18H,7-11,13,15-16H2,1H3,(H,22,24). The van der Waals surface area contributed by atoms with Crippen LogP contribution in [0.5, 0.6) is 5.75 Å². The number of carbonyl (C=O) groups is 1. The molecule has 27 heavy (non-hydrogen) atoms. The van der Waals surface area contributed by atoms with Crippen molar-refractivity contribution in [1.29, 1.82) is 0 Å². The first-order valence-corrected chi connectivity index (χ1v) is 10.6. The molecule has 5 nitrogen and oxygen atoms in total. The van der Waals surface area contributed by atoms with Crippen LogP contribution in [0.25, 0.3) is 0 Å². The van der Waals surface area contributed by atoms with E-state index in [2.05, 4.69) is 22.3 Å². The number of nitrogens with zero attached hydrogens (tertiary/aromatic N) is 1. The van der Waals surface area contributed by atoms with Crippen LogP contribution >= 0.6 is 11.8 Å². The van der Waals surface area contributed by atoms with Crippen LogP contribution in [0.15, 0.2) is 47.1 Å². The Hall–Kier alpha value is -1.92. The van der Waals surface area contributed by atoms with Gasteiger partial charge in [-0.3, -0.25) is 9.69 Å². The van der Waals surface area contributed by atoms with Crippen molar-refractivity contribution in [1.82, 2.24) is 10.2 Å². The molecule has 0 unspecified atom stereocenters. The van der Waals surface area contributed by atoms with E-state index in [0.29, 0.717) is 6.54 Å². The Morgan fingerprint density at radius 3 is 2.89 bits per heavy atom. The largest absolute Gasteiger partial charge is 0.497 e. The lowest BCUT2D eigenvalue weighted by Crippen LogP contribution is -2.40. The molecule has 146 valence electrons. The smallest absolute Gasteiger partial charge is 0.223 e. The monoisotopic (exact) mass is 388 g/mol. The second kappa shape index (κ2) is 10.4. The van der Waals surface area contributed by atoms with Gasteiger partial charge in [-0.15, -0.1) is 0 Å². The first kappa shape index (κ1) is 19.8. The highest BCUT2D eigenvalue weighted by molar-refractivity contribution is 7.98. The average molecular weight is 389 g/mol. The molecule has 0 atom stereocenters. The van der Waals surface area contributed by atoms with Gasteiger partial charge < -0.3 is 14.5 Å². The van der Waals surface area contributed by atoms with Crippen LogP contribution in [-0.2, 0) is 17.1 Å². The second-order valence-electron chi connectivity index (χ2n) is 6.82. The summed E-state index contributed by atoms with van der Waals surface area (Å²) in [6.45, 7) is 3.55. The van der Waals surface area contributed by atoms with Gasteiger partial charge in [-0.25, -0.2) is 0 Å². The molecule has 3 rings (SSSR count). The molecule has 1 aliphatic heterocycles. The third-order valence-electron chi connectivity index (χ3n) is 4.87. The SMILES string of the molecule is COc1cccc(CN2CCC(C(=O)NCCSCc3ccco3)CC2)c1. The van der Waals surface area contributed by atoms with Crippen LogP contribution in [0.3, 0.4) is 0 Å². The Balaban J connectivity index is 1.31. The number of rotatable bonds is 9. The van der Waals surface area contributed by atoms with Gasteiger partial charge in [0.25, 0.3) is 0 Å². The maximum Gasteiger partial charge on any atom is 0.223 e. The number of furan rings is 1. The van der Waals surface area contributed by atoms with Crippen molar-refractivity contribution in [3.8, 4) is 5.75 Å². The molecule has 1 aromatic heterocycles. The number of benzene rings is 1. The molecule has 0 spiro atoms. The lowest BCUT2D eigenvalue weighted by molar-refractivity contribution is -0.126. The lowest BCUT2D eigenvalue weighted by Gasteiger charge is -2.31. The van der Waals surface area contributed by atoms with Gasteiger partial charge in [-0.05, 0) is 55.8 Å². The number of likely N-dealkylation sites (tertiary alicyclic amines) is 1. The summed E-state index contributed by atoms with van der Waals surface area (Å²) < 4.78 is 10.6. The summed E-state index contributed by atoms with van der Waals surface area (Å²) in [5, 5.41) is 3.09. The van der Waals surface area contributed by atoms with E-state index in [0.717, 1.165) is 55.5 Å². The Kier molecular flexibility index (Phi) is 7.66. The Morgan fingerprint density at radius 1 is 1.30 bits per heavy atom. The molecule has 6 heteroatoms. The number of thioether (sulfide) groups is 1. The number of amides is 1. The fraction of sp³-hybridized carbons (Fsp3) is 0.476. The van der Waals surface area contributed by atoms with E-state index in [9.17, 15) is 4.79 Å². The molecule has 2 aromatic rings. The first-order valence-electron chi connectivity index (χ1n) is 9.47. The molecule has 0 saturated carbocycles. The van der Waals surface area contributed by atoms with Crippen LogP contribution in [0.2, 0.25) is 0 Å². The van der Waals surface area contributed by atoms with Crippen LogP contribution in [0.4, 0.5) is 0 Å². The van der Waals surface area contributed by atoms with Crippen molar-refractivity contribution in [3.05, 3.63) is 54.0 Å². The van der Waals surface area contributed by atoms with E-state index in [-0.39, 0.29) is 11.8 Å². The molecule has 0 bridgehead atoms. The van der Waals surface area contributed by atoms with E-state index < -0.39 is 0 Å². The van der Waals surface area contributed by atoms with Crippen LogP contribution < -0.4 is 10.1 Å². The van der Waals surface area contributed by atoms with Gasteiger partial charge in [0.05, 0.1) is 19.1 Å². The summed E-state index contributed by atoms with van der Waals surface area (Å²) in [7, 11) is 1.69. The van der Waals surface area contributed by atoms with Gasteiger partial charge in [0, 0.05) is 24.8 Å². The molecular weight excluding hydrogens is 360 g/mol. The van der Waals surface area contributed by atoms with Crippen molar-refractivity contribution < 1.29 is 13.9 Å². The Labute approximate surface area is 165 Å². The summed E-state index contributed by atoms with van der Waals surface area (Å²) >= 11 is 1.78. The van der Waals surface area contributed by atoms with Crippen molar-refractivity contribution in [2.24, 2.45) is 5.92 Å². The minimum absolute atomic E-state index is 0.140. The number of piperidine rings is 1. The van der Waals surface area contributed by atoms with Crippen LogP contribution in [0, 0.1) is 5.92 Å². The molecule has 1 fully saturated rings. The van der Waals surface area contributed by atoms with Gasteiger partial charge in [0.2, 0.25) is 5.91 Å². The Morgan fingerprint density at radius 2 is 2.15 bits per heavy atom. The number of hydrogen-bond acceptors (Lipinski definition) is 5. The zero-order valence-corrected chi connectivity index (χ0v) is 16.7. The van der Waals surface area contributed by atoms with Crippen molar-refractivity contribution in [3.63, 3.8) is 0 Å². The zero-order valence-electron chi connectivity index (χ0n) is 15.9. The average Bonchev–Trinajstić information content (AvgIpc) is 3.22. The fourth-order valence-electron chi connectivity index (χ4n) is 3.34. The number of nitrogens with one attached hydrogen (secondary N) is 1. The minimum Gasteiger partial charge on any atom is -0.497 e. The van der Waals surface area contributed by atoms with Crippen LogP contribution in [0.1, 0.15) is 24.2 Å². The topological polar surface area (TPSA) is 54.7 Å². The predicted molar refractivity (Wildman–Crippen MR) is 109 cm³/mol. The molecule has 1 aliphatic rings. The highest BCUT2D eigenvalue weighted by Crippen LogP contribution is 2.21. The highest BCUT2D eigenvalue weighted by atomic mass is 32.2. The van der Waals surface area contributed by atoms with E-state index in [4.69, 9.17) is 9.15 Å². The maximum absolute atomic E-state index is 12.4. The predicted octanol–water partition coefficient (Wildman–Crippen LogP) is 3.55.